The third-order valence-electron chi connectivity index (χ3n) is 3.72. The number of benzene rings is 1. The zero-order valence-corrected chi connectivity index (χ0v) is 12.8. The van der Waals surface area contributed by atoms with Crippen LogP contribution in [0.25, 0.3) is 0 Å². The highest BCUT2D eigenvalue weighted by Gasteiger charge is 2.15. The van der Waals surface area contributed by atoms with Gasteiger partial charge in [-0.05, 0) is 29.2 Å². The third kappa shape index (κ3) is 5.23. The van der Waals surface area contributed by atoms with Gasteiger partial charge in [-0.2, -0.15) is 0 Å². The fraction of sp³-hybridized carbons (Fsp3) is 0.588. The normalized spacial score (nSPS) is 10.9. The van der Waals surface area contributed by atoms with E-state index in [1.165, 1.54) is 12.8 Å². The second-order valence-electron chi connectivity index (χ2n) is 5.34. The molecule has 0 aliphatic rings. The molecular weight excluding hydrogens is 268 g/mol. The lowest BCUT2D eigenvalue weighted by Gasteiger charge is -2.13. The predicted octanol–water partition coefficient (Wildman–Crippen LogP) is 2.71. The molecule has 3 N–H and O–H groups in total. The molecule has 0 aliphatic carbocycles. The molecule has 0 unspecified atom stereocenters. The first-order valence-electron chi connectivity index (χ1n) is 7.68. The van der Waals surface area contributed by atoms with Crippen molar-refractivity contribution in [2.24, 2.45) is 0 Å². The molecule has 0 bridgehead atoms. The fourth-order valence-corrected chi connectivity index (χ4v) is 2.49. The van der Waals surface area contributed by atoms with Gasteiger partial charge in [0.25, 0.3) is 0 Å². The molecule has 0 radical (unpaired) electrons. The van der Waals surface area contributed by atoms with Gasteiger partial charge in [-0.25, -0.2) is 0 Å². The molecule has 1 aromatic carbocycles. The molecule has 4 nitrogen and oxygen atoms in total. The molecule has 0 saturated carbocycles. The molecule has 0 amide bonds. The number of rotatable bonds is 10. The van der Waals surface area contributed by atoms with Crippen molar-refractivity contribution < 1.29 is 20.1 Å². The summed E-state index contributed by atoms with van der Waals surface area (Å²) in [6.07, 6.45) is 5.79. The number of unbranched alkanes of at least 4 members (excludes halogenated alkanes) is 4. The molecule has 0 fully saturated rings. The molecular formula is C17H26O4. The van der Waals surface area contributed by atoms with Gasteiger partial charge in [0, 0.05) is 12.0 Å². The minimum Gasteiger partial charge on any atom is -0.392 e. The number of hydrogen-bond donors (Lipinski definition) is 3. The van der Waals surface area contributed by atoms with Gasteiger partial charge in [0.1, 0.15) is 0 Å². The summed E-state index contributed by atoms with van der Waals surface area (Å²) in [5, 5.41) is 28.0. The second kappa shape index (κ2) is 9.66. The van der Waals surface area contributed by atoms with Gasteiger partial charge < -0.3 is 15.3 Å². The quantitative estimate of drug-likeness (QED) is 0.458. The van der Waals surface area contributed by atoms with E-state index in [1.807, 2.05) is 0 Å². The van der Waals surface area contributed by atoms with Crippen molar-refractivity contribution in [3.63, 3.8) is 0 Å². The zero-order chi connectivity index (χ0) is 15.7. The highest BCUT2D eigenvalue weighted by molar-refractivity contribution is 5.98. The Hall–Kier alpha value is -1.23. The largest absolute Gasteiger partial charge is 0.392 e. The number of carbonyl (C=O) groups is 1. The van der Waals surface area contributed by atoms with E-state index in [0.29, 0.717) is 28.7 Å². The van der Waals surface area contributed by atoms with E-state index in [-0.39, 0.29) is 25.6 Å². The Kier molecular flexibility index (Phi) is 8.20. The van der Waals surface area contributed by atoms with E-state index in [1.54, 1.807) is 12.1 Å². The monoisotopic (exact) mass is 294 g/mol. The number of hydrogen-bond acceptors (Lipinski definition) is 4. The van der Waals surface area contributed by atoms with E-state index < -0.39 is 0 Å². The van der Waals surface area contributed by atoms with E-state index in [4.69, 9.17) is 0 Å². The minimum atomic E-state index is -0.279. The molecule has 0 aliphatic heterocycles. The van der Waals surface area contributed by atoms with Crippen molar-refractivity contribution >= 4 is 5.78 Å². The van der Waals surface area contributed by atoms with Crippen molar-refractivity contribution in [3.05, 3.63) is 34.4 Å². The molecule has 21 heavy (non-hydrogen) atoms. The third-order valence-corrected chi connectivity index (χ3v) is 3.72. The van der Waals surface area contributed by atoms with Crippen LogP contribution in [0.3, 0.4) is 0 Å². The summed E-state index contributed by atoms with van der Waals surface area (Å²) in [5.74, 6) is -0.0273. The van der Waals surface area contributed by atoms with E-state index in [2.05, 4.69) is 6.92 Å². The lowest BCUT2D eigenvalue weighted by molar-refractivity contribution is 0.0975. The van der Waals surface area contributed by atoms with E-state index in [0.717, 1.165) is 19.3 Å². The van der Waals surface area contributed by atoms with Crippen LogP contribution >= 0.6 is 0 Å². The average molecular weight is 294 g/mol. The van der Waals surface area contributed by atoms with Crippen LogP contribution in [0, 0.1) is 0 Å². The molecule has 4 heteroatoms. The van der Waals surface area contributed by atoms with Gasteiger partial charge in [-0.15, -0.1) is 0 Å². The Bertz CT molecular complexity index is 454. The van der Waals surface area contributed by atoms with Crippen molar-refractivity contribution in [2.75, 3.05) is 0 Å². The Labute approximate surface area is 126 Å². The van der Waals surface area contributed by atoms with E-state index >= 15 is 0 Å². The molecule has 118 valence electrons. The predicted molar refractivity (Wildman–Crippen MR) is 81.9 cm³/mol. The van der Waals surface area contributed by atoms with Gasteiger partial charge in [0.05, 0.1) is 19.8 Å². The average Bonchev–Trinajstić information content (AvgIpc) is 2.52. The van der Waals surface area contributed by atoms with Crippen LogP contribution in [0.4, 0.5) is 0 Å². The summed E-state index contributed by atoms with van der Waals surface area (Å²) in [4.78, 5) is 12.3. The topological polar surface area (TPSA) is 77.8 Å². The number of aliphatic hydroxyl groups is 3. The van der Waals surface area contributed by atoms with Crippen LogP contribution < -0.4 is 0 Å². The fourth-order valence-electron chi connectivity index (χ4n) is 2.49. The van der Waals surface area contributed by atoms with E-state index in [9.17, 15) is 20.1 Å². The number of aliphatic hydroxyl groups excluding tert-OH is 3. The Morgan fingerprint density at radius 1 is 0.952 bits per heavy atom. The molecule has 0 saturated heterocycles. The molecule has 0 aromatic heterocycles. The van der Waals surface area contributed by atoms with Crippen molar-refractivity contribution in [1.82, 2.24) is 0 Å². The first-order chi connectivity index (χ1) is 10.2. The summed E-state index contributed by atoms with van der Waals surface area (Å²) in [6.45, 7) is 1.43. The second-order valence-corrected chi connectivity index (χ2v) is 5.34. The standard InChI is InChI=1S/C17H26O4/c1-2-3-4-5-6-7-17(21)15-9-13(10-18)8-14(11-19)16(15)12-20/h8-9,18-20H,2-7,10-12H2,1H3. The highest BCUT2D eigenvalue weighted by atomic mass is 16.3. The maximum atomic E-state index is 12.3. The molecule has 1 rings (SSSR count). The maximum Gasteiger partial charge on any atom is 0.163 e. The van der Waals surface area contributed by atoms with Crippen LogP contribution in [-0.2, 0) is 19.8 Å². The van der Waals surface area contributed by atoms with Crippen molar-refractivity contribution in [1.29, 1.82) is 0 Å². The van der Waals surface area contributed by atoms with Crippen molar-refractivity contribution in [2.45, 2.75) is 65.3 Å². The summed E-state index contributed by atoms with van der Waals surface area (Å²) < 4.78 is 0. The number of carbonyl (C=O) groups excluding carboxylic acids is 1. The summed E-state index contributed by atoms with van der Waals surface area (Å²) in [6, 6.07) is 3.25. The van der Waals surface area contributed by atoms with Crippen LogP contribution in [0.15, 0.2) is 12.1 Å². The summed E-state index contributed by atoms with van der Waals surface area (Å²) >= 11 is 0. The zero-order valence-electron chi connectivity index (χ0n) is 12.8. The Morgan fingerprint density at radius 3 is 2.24 bits per heavy atom. The molecule has 1 aromatic rings. The number of ketones is 1. The van der Waals surface area contributed by atoms with Gasteiger partial charge in [-0.3, -0.25) is 4.79 Å². The van der Waals surface area contributed by atoms with Gasteiger partial charge in [0.15, 0.2) is 5.78 Å². The molecule has 0 spiro atoms. The maximum absolute atomic E-state index is 12.3. The van der Waals surface area contributed by atoms with Gasteiger partial charge in [0.2, 0.25) is 0 Å². The van der Waals surface area contributed by atoms with Crippen molar-refractivity contribution in [3.8, 4) is 0 Å². The lowest BCUT2D eigenvalue weighted by atomic mass is 9.93. The van der Waals surface area contributed by atoms with Crippen LogP contribution in [0.1, 0.15) is 72.5 Å². The van der Waals surface area contributed by atoms with Gasteiger partial charge in [-0.1, -0.05) is 38.7 Å². The Morgan fingerprint density at radius 2 is 1.67 bits per heavy atom. The number of Topliss-reactive ketones (excluding diaryl/α,β-unsaturated/α-hetero) is 1. The first kappa shape index (κ1) is 17.8. The minimum absolute atomic E-state index is 0.0273. The Balaban J connectivity index is 2.81. The molecule has 0 atom stereocenters. The first-order valence-corrected chi connectivity index (χ1v) is 7.68. The smallest absolute Gasteiger partial charge is 0.163 e. The summed E-state index contributed by atoms with van der Waals surface area (Å²) in [7, 11) is 0. The van der Waals surface area contributed by atoms with Crippen LogP contribution in [0.5, 0.6) is 0 Å². The summed E-state index contributed by atoms with van der Waals surface area (Å²) in [5.41, 5.74) is 2.01. The van der Waals surface area contributed by atoms with Crippen LogP contribution in [0.2, 0.25) is 0 Å². The lowest BCUT2D eigenvalue weighted by Crippen LogP contribution is -2.09. The SMILES string of the molecule is CCCCCCCC(=O)c1cc(CO)cc(CO)c1CO. The highest BCUT2D eigenvalue weighted by Crippen LogP contribution is 2.21. The molecule has 0 heterocycles. The van der Waals surface area contributed by atoms with Crippen LogP contribution in [-0.4, -0.2) is 21.1 Å². The van der Waals surface area contributed by atoms with Gasteiger partial charge >= 0.3 is 0 Å².